The number of amides is 2. The van der Waals surface area contributed by atoms with Crippen LogP contribution in [0.25, 0.3) is 0 Å². The lowest BCUT2D eigenvalue weighted by atomic mass is 9.79. The minimum atomic E-state index is -0.222. The van der Waals surface area contributed by atoms with Crippen molar-refractivity contribution < 1.29 is 9.59 Å². The van der Waals surface area contributed by atoms with Gasteiger partial charge in [-0.3, -0.25) is 9.59 Å². The van der Waals surface area contributed by atoms with E-state index in [1.54, 1.807) is 0 Å². The van der Waals surface area contributed by atoms with Gasteiger partial charge in [0.2, 0.25) is 11.8 Å². The highest BCUT2D eigenvalue weighted by molar-refractivity contribution is 5.97. The fourth-order valence-electron chi connectivity index (χ4n) is 4.46. The van der Waals surface area contributed by atoms with Crippen molar-refractivity contribution >= 4 is 11.8 Å². The van der Waals surface area contributed by atoms with Crippen LogP contribution >= 0.6 is 0 Å². The van der Waals surface area contributed by atoms with Gasteiger partial charge in [0, 0.05) is 12.1 Å². The van der Waals surface area contributed by atoms with Crippen LogP contribution in [-0.2, 0) is 9.59 Å². The largest absolute Gasteiger partial charge is 0.329 e. The van der Waals surface area contributed by atoms with Crippen LogP contribution in [0.1, 0.15) is 65.2 Å². The molecule has 0 N–H and O–H groups in total. The molecular weight excluding hydrogens is 252 g/mol. The van der Waals surface area contributed by atoms with Crippen LogP contribution in [-0.4, -0.2) is 45.8 Å². The Morgan fingerprint density at radius 3 is 2.45 bits per heavy atom. The van der Waals surface area contributed by atoms with Crippen molar-refractivity contribution in [3.8, 4) is 0 Å². The van der Waals surface area contributed by atoms with E-state index in [2.05, 4.69) is 6.92 Å². The first-order chi connectivity index (χ1) is 9.58. The second-order valence-electron chi connectivity index (χ2n) is 6.88. The van der Waals surface area contributed by atoms with E-state index in [1.165, 1.54) is 19.3 Å². The van der Waals surface area contributed by atoms with Crippen LogP contribution in [0.4, 0.5) is 0 Å². The molecule has 1 saturated carbocycles. The van der Waals surface area contributed by atoms with Crippen molar-refractivity contribution in [2.75, 3.05) is 6.54 Å². The summed E-state index contributed by atoms with van der Waals surface area (Å²) in [5.74, 6) is 0.416. The monoisotopic (exact) mass is 278 g/mol. The zero-order valence-electron chi connectivity index (χ0n) is 12.7. The number of rotatable bonds is 2. The molecule has 1 aliphatic carbocycles. The van der Waals surface area contributed by atoms with E-state index in [0.29, 0.717) is 0 Å². The van der Waals surface area contributed by atoms with Crippen molar-refractivity contribution in [3.05, 3.63) is 0 Å². The van der Waals surface area contributed by atoms with Crippen molar-refractivity contribution in [1.82, 2.24) is 9.80 Å². The van der Waals surface area contributed by atoms with Crippen molar-refractivity contribution in [3.63, 3.8) is 0 Å². The molecule has 0 bridgehead atoms. The van der Waals surface area contributed by atoms with E-state index in [4.69, 9.17) is 0 Å². The zero-order valence-corrected chi connectivity index (χ0v) is 12.7. The summed E-state index contributed by atoms with van der Waals surface area (Å²) in [6, 6.07) is -0.385. The van der Waals surface area contributed by atoms with E-state index >= 15 is 0 Å². The van der Waals surface area contributed by atoms with Crippen molar-refractivity contribution in [2.45, 2.75) is 82.8 Å². The summed E-state index contributed by atoms with van der Waals surface area (Å²) in [4.78, 5) is 29.5. The average molecular weight is 278 g/mol. The Balaban J connectivity index is 1.94. The molecule has 0 spiro atoms. The molecule has 112 valence electrons. The number of hydrogen-bond acceptors (Lipinski definition) is 2. The van der Waals surface area contributed by atoms with Gasteiger partial charge in [0.1, 0.15) is 12.1 Å². The molecule has 20 heavy (non-hydrogen) atoms. The lowest BCUT2D eigenvalue weighted by molar-refractivity contribution is -0.168. The molecule has 2 unspecified atom stereocenters. The molecular formula is C16H26N2O2. The summed E-state index contributed by atoms with van der Waals surface area (Å²) < 4.78 is 0. The number of piperazine rings is 1. The molecule has 0 radical (unpaired) electrons. The fourth-order valence-corrected chi connectivity index (χ4v) is 4.46. The molecule has 3 aliphatic rings. The van der Waals surface area contributed by atoms with E-state index < -0.39 is 0 Å². The Kier molecular flexibility index (Phi) is 3.51. The first-order valence-corrected chi connectivity index (χ1v) is 8.22. The van der Waals surface area contributed by atoms with E-state index in [0.717, 1.165) is 38.6 Å². The van der Waals surface area contributed by atoms with Gasteiger partial charge in [0.15, 0.2) is 0 Å². The maximum absolute atomic E-state index is 13.0. The number of fused-ring (bicyclic) bond motifs is 1. The van der Waals surface area contributed by atoms with Gasteiger partial charge < -0.3 is 9.80 Å². The third-order valence-electron chi connectivity index (χ3n) is 5.55. The molecule has 2 atom stereocenters. The summed E-state index contributed by atoms with van der Waals surface area (Å²) in [5.41, 5.74) is -0.0969. The standard InChI is InChI=1S/C16H26N2O2/c1-3-12-14(19)17-11-7-8-13(17)15(20)18(12)16(2)9-5-4-6-10-16/h12-13H,3-11H2,1-2H3. The molecule has 3 fully saturated rings. The first kappa shape index (κ1) is 13.9. The van der Waals surface area contributed by atoms with Crippen LogP contribution in [0.5, 0.6) is 0 Å². The van der Waals surface area contributed by atoms with E-state index in [1.807, 2.05) is 16.7 Å². The predicted octanol–water partition coefficient (Wildman–Crippen LogP) is 2.32. The van der Waals surface area contributed by atoms with Crippen LogP contribution in [0.15, 0.2) is 0 Å². The minimum absolute atomic E-state index is 0.0969. The highest BCUT2D eigenvalue weighted by atomic mass is 16.2. The number of hydrogen-bond donors (Lipinski definition) is 0. The topological polar surface area (TPSA) is 40.6 Å². The molecule has 2 saturated heterocycles. The highest BCUT2D eigenvalue weighted by Gasteiger charge is 2.52. The van der Waals surface area contributed by atoms with Gasteiger partial charge in [-0.2, -0.15) is 0 Å². The van der Waals surface area contributed by atoms with Crippen molar-refractivity contribution in [1.29, 1.82) is 0 Å². The second kappa shape index (κ2) is 5.05. The molecule has 0 aromatic carbocycles. The van der Waals surface area contributed by atoms with Crippen molar-refractivity contribution in [2.24, 2.45) is 0 Å². The smallest absolute Gasteiger partial charge is 0.246 e. The SMILES string of the molecule is CCC1C(=O)N2CCCC2C(=O)N1C1(C)CCCCC1. The second-order valence-corrected chi connectivity index (χ2v) is 6.88. The Morgan fingerprint density at radius 1 is 1.10 bits per heavy atom. The van der Waals surface area contributed by atoms with Gasteiger partial charge in [-0.1, -0.05) is 26.2 Å². The Hall–Kier alpha value is -1.06. The van der Waals surface area contributed by atoms with Crippen LogP contribution in [0.2, 0.25) is 0 Å². The normalized spacial score (nSPS) is 33.5. The number of nitrogens with zero attached hydrogens (tertiary/aromatic N) is 2. The third-order valence-corrected chi connectivity index (χ3v) is 5.55. The van der Waals surface area contributed by atoms with Crippen LogP contribution in [0.3, 0.4) is 0 Å². The summed E-state index contributed by atoms with van der Waals surface area (Å²) in [6.45, 7) is 5.01. The van der Waals surface area contributed by atoms with E-state index in [-0.39, 0.29) is 29.4 Å². The summed E-state index contributed by atoms with van der Waals surface area (Å²) in [6.07, 6.45) is 8.29. The summed E-state index contributed by atoms with van der Waals surface area (Å²) >= 11 is 0. The average Bonchev–Trinajstić information content (AvgIpc) is 2.93. The molecule has 4 heteroatoms. The quantitative estimate of drug-likeness (QED) is 0.778. The highest BCUT2D eigenvalue weighted by Crippen LogP contribution is 2.39. The van der Waals surface area contributed by atoms with Crippen LogP contribution < -0.4 is 0 Å². The molecule has 2 aliphatic heterocycles. The van der Waals surface area contributed by atoms with Gasteiger partial charge in [-0.15, -0.1) is 0 Å². The molecule has 0 aromatic rings. The Bertz CT molecular complexity index is 415. The fraction of sp³-hybridized carbons (Fsp3) is 0.875. The van der Waals surface area contributed by atoms with Gasteiger partial charge in [-0.25, -0.2) is 0 Å². The zero-order chi connectivity index (χ0) is 14.3. The predicted molar refractivity (Wildman–Crippen MR) is 77.2 cm³/mol. The maximum atomic E-state index is 13.0. The van der Waals surface area contributed by atoms with Crippen LogP contribution in [0, 0.1) is 0 Å². The lowest BCUT2D eigenvalue weighted by Crippen LogP contribution is -2.68. The van der Waals surface area contributed by atoms with Gasteiger partial charge >= 0.3 is 0 Å². The summed E-state index contributed by atoms with van der Waals surface area (Å²) in [5, 5.41) is 0. The summed E-state index contributed by atoms with van der Waals surface area (Å²) in [7, 11) is 0. The number of carbonyl (C=O) groups is 2. The minimum Gasteiger partial charge on any atom is -0.329 e. The molecule has 2 amide bonds. The Labute approximate surface area is 121 Å². The van der Waals surface area contributed by atoms with Gasteiger partial charge in [0.25, 0.3) is 0 Å². The lowest BCUT2D eigenvalue weighted by Gasteiger charge is -2.52. The molecule has 0 aromatic heterocycles. The van der Waals surface area contributed by atoms with Gasteiger partial charge in [-0.05, 0) is 39.0 Å². The third kappa shape index (κ3) is 1.95. The van der Waals surface area contributed by atoms with Gasteiger partial charge in [0.05, 0.1) is 0 Å². The van der Waals surface area contributed by atoms with E-state index in [9.17, 15) is 9.59 Å². The first-order valence-electron chi connectivity index (χ1n) is 8.22. The molecule has 3 rings (SSSR count). The number of carbonyl (C=O) groups excluding carboxylic acids is 2. The maximum Gasteiger partial charge on any atom is 0.246 e. The molecule has 2 heterocycles. The molecule has 4 nitrogen and oxygen atoms in total. The Morgan fingerprint density at radius 2 is 1.80 bits per heavy atom.